The molecule has 0 radical (unpaired) electrons. The summed E-state index contributed by atoms with van der Waals surface area (Å²) in [5.74, 6) is 1.50. The Hall–Kier alpha value is -0.0400. The molecule has 0 rings (SSSR count). The predicted molar refractivity (Wildman–Crippen MR) is 42.3 cm³/mol. The van der Waals surface area contributed by atoms with Gasteiger partial charge >= 0.3 is 0 Å². The molecule has 1 nitrogen and oxygen atoms in total. The van der Waals surface area contributed by atoms with Gasteiger partial charge in [0.1, 0.15) is 0 Å². The van der Waals surface area contributed by atoms with Crippen molar-refractivity contribution in [2.45, 2.75) is 33.6 Å². The standard InChI is InChI=1S/C8H19N/c1-4-5-8(6-9)7(2)3/h7-8H,4-6,9H2,1-3H3. The van der Waals surface area contributed by atoms with Crippen LogP contribution in [0.15, 0.2) is 0 Å². The molecule has 0 aliphatic carbocycles. The Labute approximate surface area is 58.6 Å². The van der Waals surface area contributed by atoms with Crippen molar-refractivity contribution in [2.24, 2.45) is 17.6 Å². The van der Waals surface area contributed by atoms with E-state index < -0.39 is 0 Å². The van der Waals surface area contributed by atoms with Gasteiger partial charge in [0.25, 0.3) is 0 Å². The molecule has 0 heterocycles. The number of hydrogen-bond acceptors (Lipinski definition) is 1. The molecular formula is C8H19N. The second-order valence-corrected chi connectivity index (χ2v) is 3.03. The van der Waals surface area contributed by atoms with Gasteiger partial charge in [0.15, 0.2) is 0 Å². The molecule has 0 aromatic carbocycles. The third-order valence-corrected chi connectivity index (χ3v) is 1.91. The highest BCUT2D eigenvalue weighted by molar-refractivity contribution is 4.62. The first-order valence-electron chi connectivity index (χ1n) is 3.92. The summed E-state index contributed by atoms with van der Waals surface area (Å²) in [5.41, 5.74) is 5.56. The van der Waals surface area contributed by atoms with Gasteiger partial charge in [-0.2, -0.15) is 0 Å². The van der Waals surface area contributed by atoms with E-state index in [2.05, 4.69) is 20.8 Å². The topological polar surface area (TPSA) is 26.0 Å². The molecule has 0 saturated carbocycles. The zero-order valence-corrected chi connectivity index (χ0v) is 6.85. The zero-order chi connectivity index (χ0) is 7.28. The molecule has 0 aliphatic heterocycles. The first-order valence-corrected chi connectivity index (χ1v) is 3.92. The summed E-state index contributed by atoms with van der Waals surface area (Å²) in [7, 11) is 0. The van der Waals surface area contributed by atoms with Gasteiger partial charge in [-0.3, -0.25) is 0 Å². The Balaban J connectivity index is 3.41. The second kappa shape index (κ2) is 4.80. The van der Waals surface area contributed by atoms with Crippen molar-refractivity contribution < 1.29 is 0 Å². The molecule has 1 atom stereocenters. The van der Waals surface area contributed by atoms with Crippen LogP contribution >= 0.6 is 0 Å². The molecule has 2 N–H and O–H groups in total. The SMILES string of the molecule is CCCC(CN)C(C)C. The van der Waals surface area contributed by atoms with Crippen LogP contribution in [0.5, 0.6) is 0 Å². The van der Waals surface area contributed by atoms with Crippen molar-refractivity contribution in [3.05, 3.63) is 0 Å². The van der Waals surface area contributed by atoms with Gasteiger partial charge in [0.2, 0.25) is 0 Å². The van der Waals surface area contributed by atoms with E-state index in [0.717, 1.165) is 18.4 Å². The summed E-state index contributed by atoms with van der Waals surface area (Å²) in [6.45, 7) is 7.55. The third kappa shape index (κ3) is 3.52. The van der Waals surface area contributed by atoms with Crippen molar-refractivity contribution in [2.75, 3.05) is 6.54 Å². The maximum Gasteiger partial charge on any atom is -0.00464 e. The van der Waals surface area contributed by atoms with Gasteiger partial charge in [0.05, 0.1) is 0 Å². The van der Waals surface area contributed by atoms with Gasteiger partial charge < -0.3 is 5.73 Å². The average Bonchev–Trinajstić information content (AvgIpc) is 1.82. The monoisotopic (exact) mass is 129 g/mol. The van der Waals surface area contributed by atoms with Gasteiger partial charge in [0, 0.05) is 0 Å². The Kier molecular flexibility index (Phi) is 4.78. The van der Waals surface area contributed by atoms with Crippen LogP contribution in [0.3, 0.4) is 0 Å². The molecular weight excluding hydrogens is 110 g/mol. The van der Waals surface area contributed by atoms with E-state index in [1.54, 1.807) is 0 Å². The van der Waals surface area contributed by atoms with Gasteiger partial charge in [-0.15, -0.1) is 0 Å². The fourth-order valence-electron chi connectivity index (χ4n) is 1.09. The minimum absolute atomic E-state index is 0.745. The van der Waals surface area contributed by atoms with Crippen LogP contribution < -0.4 is 5.73 Å². The lowest BCUT2D eigenvalue weighted by Gasteiger charge is -2.16. The van der Waals surface area contributed by atoms with Crippen LogP contribution in [0.2, 0.25) is 0 Å². The first-order chi connectivity index (χ1) is 4.22. The number of rotatable bonds is 4. The Bertz CT molecular complexity index is 59.6. The average molecular weight is 129 g/mol. The quantitative estimate of drug-likeness (QED) is 0.617. The molecule has 0 bridgehead atoms. The van der Waals surface area contributed by atoms with Crippen molar-refractivity contribution >= 4 is 0 Å². The first kappa shape index (κ1) is 8.96. The lowest BCUT2D eigenvalue weighted by atomic mass is 9.92. The molecule has 0 fully saturated rings. The molecule has 9 heavy (non-hydrogen) atoms. The van der Waals surface area contributed by atoms with Crippen LogP contribution in [-0.4, -0.2) is 6.54 Å². The highest BCUT2D eigenvalue weighted by Crippen LogP contribution is 2.14. The molecule has 0 aromatic heterocycles. The van der Waals surface area contributed by atoms with Crippen LogP contribution in [0, 0.1) is 11.8 Å². The van der Waals surface area contributed by atoms with Crippen LogP contribution in [0.1, 0.15) is 33.6 Å². The summed E-state index contributed by atoms with van der Waals surface area (Å²) in [6, 6.07) is 0. The molecule has 0 aliphatic rings. The van der Waals surface area contributed by atoms with Gasteiger partial charge in [-0.25, -0.2) is 0 Å². The Morgan fingerprint density at radius 2 is 1.89 bits per heavy atom. The summed E-state index contributed by atoms with van der Waals surface area (Å²) in [6.07, 6.45) is 2.55. The van der Waals surface area contributed by atoms with E-state index in [9.17, 15) is 0 Å². The van der Waals surface area contributed by atoms with Crippen molar-refractivity contribution in [1.82, 2.24) is 0 Å². The van der Waals surface area contributed by atoms with Crippen molar-refractivity contribution in [3.8, 4) is 0 Å². The van der Waals surface area contributed by atoms with E-state index in [4.69, 9.17) is 5.73 Å². The lowest BCUT2D eigenvalue weighted by Crippen LogP contribution is -2.19. The fraction of sp³-hybridized carbons (Fsp3) is 1.00. The van der Waals surface area contributed by atoms with Crippen molar-refractivity contribution in [1.29, 1.82) is 0 Å². The van der Waals surface area contributed by atoms with Crippen LogP contribution in [0.4, 0.5) is 0 Å². The highest BCUT2D eigenvalue weighted by atomic mass is 14.5. The van der Waals surface area contributed by atoms with E-state index in [1.165, 1.54) is 12.8 Å². The van der Waals surface area contributed by atoms with Gasteiger partial charge in [-0.05, 0) is 24.8 Å². The van der Waals surface area contributed by atoms with E-state index in [1.807, 2.05) is 0 Å². The Morgan fingerprint density at radius 1 is 1.33 bits per heavy atom. The Morgan fingerprint density at radius 3 is 2.00 bits per heavy atom. The van der Waals surface area contributed by atoms with E-state index in [0.29, 0.717) is 0 Å². The summed E-state index contributed by atoms with van der Waals surface area (Å²) < 4.78 is 0. The minimum atomic E-state index is 0.745. The molecule has 0 saturated heterocycles. The van der Waals surface area contributed by atoms with E-state index >= 15 is 0 Å². The molecule has 0 amide bonds. The maximum atomic E-state index is 5.56. The van der Waals surface area contributed by atoms with E-state index in [-0.39, 0.29) is 0 Å². The summed E-state index contributed by atoms with van der Waals surface area (Å²) in [4.78, 5) is 0. The minimum Gasteiger partial charge on any atom is -0.330 e. The number of hydrogen-bond donors (Lipinski definition) is 1. The van der Waals surface area contributed by atoms with Crippen LogP contribution in [0.25, 0.3) is 0 Å². The number of nitrogens with two attached hydrogens (primary N) is 1. The lowest BCUT2D eigenvalue weighted by molar-refractivity contribution is 0.365. The zero-order valence-electron chi connectivity index (χ0n) is 6.85. The van der Waals surface area contributed by atoms with Crippen LogP contribution in [-0.2, 0) is 0 Å². The van der Waals surface area contributed by atoms with Gasteiger partial charge in [-0.1, -0.05) is 27.2 Å². The van der Waals surface area contributed by atoms with Crippen molar-refractivity contribution in [3.63, 3.8) is 0 Å². The normalized spacial score (nSPS) is 14.3. The smallest absolute Gasteiger partial charge is 0.00464 e. The third-order valence-electron chi connectivity index (χ3n) is 1.91. The predicted octanol–water partition coefficient (Wildman–Crippen LogP) is 2.02. The maximum absolute atomic E-state index is 5.56. The molecule has 56 valence electrons. The molecule has 1 heteroatoms. The summed E-state index contributed by atoms with van der Waals surface area (Å²) in [5, 5.41) is 0. The largest absolute Gasteiger partial charge is 0.330 e. The highest BCUT2D eigenvalue weighted by Gasteiger charge is 2.08. The molecule has 0 spiro atoms. The fourth-order valence-corrected chi connectivity index (χ4v) is 1.09. The molecule has 0 aromatic rings. The molecule has 1 unspecified atom stereocenters. The second-order valence-electron chi connectivity index (χ2n) is 3.03. The summed E-state index contributed by atoms with van der Waals surface area (Å²) >= 11 is 0.